The number of amides is 1. The fourth-order valence-corrected chi connectivity index (χ4v) is 3.82. The molecule has 3 aromatic rings. The molecule has 5 rings (SSSR count). The summed E-state index contributed by atoms with van der Waals surface area (Å²) in [6.07, 6.45) is 5.39. The summed E-state index contributed by atoms with van der Waals surface area (Å²) in [6, 6.07) is 3.92. The molecule has 2 N–H and O–H groups in total. The van der Waals surface area contributed by atoms with E-state index >= 15 is 0 Å². The van der Waals surface area contributed by atoms with Crippen molar-refractivity contribution in [3.05, 3.63) is 41.5 Å². The van der Waals surface area contributed by atoms with E-state index in [2.05, 4.69) is 37.4 Å². The van der Waals surface area contributed by atoms with E-state index in [0.29, 0.717) is 48.0 Å². The molecule has 0 aromatic carbocycles. The molecule has 2 fully saturated rings. The third-order valence-electron chi connectivity index (χ3n) is 5.91. The standard InChI is InChI=1S/C22H26N6O3/c1-14-17(18-19(27-22(2)4-5-22)25-13-26-21(18)31-14)20(29)24-12-15-3-6-23-16(11-15)28-7-9-30-10-8-28/h3,6,11,13H,4-5,7-10,12H2,1-2H3,(H,24,29)(H,25,26,27). The number of carbonyl (C=O) groups is 1. The van der Waals surface area contributed by atoms with Crippen LogP contribution in [0.5, 0.6) is 0 Å². The van der Waals surface area contributed by atoms with Gasteiger partial charge >= 0.3 is 0 Å². The summed E-state index contributed by atoms with van der Waals surface area (Å²) in [5, 5.41) is 7.10. The molecule has 0 spiro atoms. The first kappa shape index (κ1) is 19.7. The molecule has 0 bridgehead atoms. The topological polar surface area (TPSA) is 105 Å². The number of morpholine rings is 1. The number of nitrogens with zero attached hydrogens (tertiary/aromatic N) is 4. The normalized spacial score (nSPS) is 17.5. The minimum absolute atomic E-state index is 0.0210. The van der Waals surface area contributed by atoms with E-state index in [1.807, 2.05) is 12.1 Å². The van der Waals surface area contributed by atoms with Gasteiger partial charge in [-0.3, -0.25) is 4.79 Å². The van der Waals surface area contributed by atoms with Crippen molar-refractivity contribution in [1.29, 1.82) is 0 Å². The summed E-state index contributed by atoms with van der Waals surface area (Å²) in [7, 11) is 0. The average molecular weight is 422 g/mol. The zero-order chi connectivity index (χ0) is 21.4. The van der Waals surface area contributed by atoms with Gasteiger partial charge in [-0.25, -0.2) is 15.0 Å². The van der Waals surface area contributed by atoms with Crippen LogP contribution in [0, 0.1) is 6.92 Å². The zero-order valence-corrected chi connectivity index (χ0v) is 17.8. The monoisotopic (exact) mass is 422 g/mol. The number of hydrogen-bond acceptors (Lipinski definition) is 8. The van der Waals surface area contributed by atoms with Gasteiger partial charge in [0.05, 0.1) is 24.2 Å². The van der Waals surface area contributed by atoms with Gasteiger partial charge in [-0.2, -0.15) is 0 Å². The second-order valence-electron chi connectivity index (χ2n) is 8.43. The van der Waals surface area contributed by atoms with E-state index in [-0.39, 0.29) is 11.4 Å². The van der Waals surface area contributed by atoms with Crippen LogP contribution < -0.4 is 15.5 Å². The highest BCUT2D eigenvalue weighted by molar-refractivity contribution is 6.10. The van der Waals surface area contributed by atoms with E-state index < -0.39 is 0 Å². The largest absolute Gasteiger partial charge is 0.442 e. The van der Waals surface area contributed by atoms with Crippen molar-refractivity contribution in [1.82, 2.24) is 20.3 Å². The Balaban J connectivity index is 1.35. The van der Waals surface area contributed by atoms with Crippen LogP contribution in [0.4, 0.5) is 11.6 Å². The highest BCUT2D eigenvalue weighted by Gasteiger charge is 2.38. The van der Waals surface area contributed by atoms with Crippen LogP contribution in [0.2, 0.25) is 0 Å². The number of aryl methyl sites for hydroxylation is 1. The molecular formula is C22H26N6O3. The number of nitrogens with one attached hydrogen (secondary N) is 2. The van der Waals surface area contributed by atoms with Crippen LogP contribution in [-0.4, -0.2) is 52.7 Å². The van der Waals surface area contributed by atoms with E-state index in [0.717, 1.165) is 37.3 Å². The maximum Gasteiger partial charge on any atom is 0.255 e. The van der Waals surface area contributed by atoms with Gasteiger partial charge in [-0.05, 0) is 44.4 Å². The smallest absolute Gasteiger partial charge is 0.255 e. The summed E-state index contributed by atoms with van der Waals surface area (Å²) >= 11 is 0. The van der Waals surface area contributed by atoms with Crippen molar-refractivity contribution in [3.8, 4) is 0 Å². The van der Waals surface area contributed by atoms with Crippen molar-refractivity contribution >= 4 is 28.6 Å². The van der Waals surface area contributed by atoms with Crippen molar-refractivity contribution < 1.29 is 13.9 Å². The minimum Gasteiger partial charge on any atom is -0.442 e. The van der Waals surface area contributed by atoms with Crippen molar-refractivity contribution in [2.75, 3.05) is 36.5 Å². The van der Waals surface area contributed by atoms with Gasteiger partial charge in [-0.1, -0.05) is 0 Å². The third kappa shape index (κ3) is 4.05. The number of ether oxygens (including phenoxy) is 1. The van der Waals surface area contributed by atoms with Crippen LogP contribution in [0.25, 0.3) is 11.1 Å². The van der Waals surface area contributed by atoms with Gasteiger partial charge in [0.15, 0.2) is 0 Å². The first-order chi connectivity index (χ1) is 15.0. The van der Waals surface area contributed by atoms with Crippen LogP contribution in [0.1, 0.15) is 41.4 Å². The molecule has 2 aliphatic rings. The summed E-state index contributed by atoms with van der Waals surface area (Å²) in [6.45, 7) is 7.35. The van der Waals surface area contributed by atoms with Crippen LogP contribution >= 0.6 is 0 Å². The lowest BCUT2D eigenvalue weighted by atomic mass is 10.1. The van der Waals surface area contributed by atoms with Gasteiger partial charge in [-0.15, -0.1) is 0 Å². The molecule has 1 saturated carbocycles. The van der Waals surface area contributed by atoms with Crippen LogP contribution in [0.3, 0.4) is 0 Å². The molecule has 9 nitrogen and oxygen atoms in total. The SMILES string of the molecule is Cc1oc2ncnc(NC3(C)CC3)c2c1C(=O)NCc1ccnc(N2CCOCC2)c1. The Morgan fingerprint density at radius 3 is 2.81 bits per heavy atom. The Bertz CT molecular complexity index is 1120. The summed E-state index contributed by atoms with van der Waals surface area (Å²) < 4.78 is 11.2. The summed E-state index contributed by atoms with van der Waals surface area (Å²) in [4.78, 5) is 28.4. The molecular weight excluding hydrogens is 396 g/mol. The predicted molar refractivity (Wildman–Crippen MR) is 116 cm³/mol. The Hall–Kier alpha value is -3.20. The molecule has 0 unspecified atom stereocenters. The molecule has 1 aliphatic carbocycles. The molecule has 0 radical (unpaired) electrons. The number of anilines is 2. The molecule has 4 heterocycles. The predicted octanol–water partition coefficient (Wildman–Crippen LogP) is 2.66. The Morgan fingerprint density at radius 2 is 2.03 bits per heavy atom. The first-order valence-electron chi connectivity index (χ1n) is 10.6. The lowest BCUT2D eigenvalue weighted by Gasteiger charge is -2.28. The second kappa shape index (κ2) is 7.81. The van der Waals surface area contributed by atoms with Crippen LogP contribution in [0.15, 0.2) is 29.1 Å². The van der Waals surface area contributed by atoms with E-state index in [1.165, 1.54) is 6.33 Å². The van der Waals surface area contributed by atoms with Crippen molar-refractivity contribution in [2.24, 2.45) is 0 Å². The Kier molecular flexibility index (Phi) is 4.97. The molecule has 1 aliphatic heterocycles. The van der Waals surface area contributed by atoms with Crippen LogP contribution in [-0.2, 0) is 11.3 Å². The maximum atomic E-state index is 13.1. The Labute approximate surface area is 180 Å². The zero-order valence-electron chi connectivity index (χ0n) is 17.8. The third-order valence-corrected chi connectivity index (χ3v) is 5.91. The quantitative estimate of drug-likeness (QED) is 0.625. The van der Waals surface area contributed by atoms with Gasteiger partial charge < -0.3 is 24.7 Å². The number of aromatic nitrogens is 3. The maximum absolute atomic E-state index is 13.1. The van der Waals surface area contributed by atoms with Gasteiger partial charge in [0.2, 0.25) is 5.71 Å². The highest BCUT2D eigenvalue weighted by Crippen LogP contribution is 2.40. The van der Waals surface area contributed by atoms with E-state index in [9.17, 15) is 4.79 Å². The molecule has 0 atom stereocenters. The van der Waals surface area contributed by atoms with Crippen molar-refractivity contribution in [2.45, 2.75) is 38.8 Å². The van der Waals surface area contributed by atoms with Gasteiger partial charge in [0.1, 0.15) is 23.7 Å². The minimum atomic E-state index is -0.209. The first-order valence-corrected chi connectivity index (χ1v) is 10.6. The molecule has 9 heteroatoms. The lowest BCUT2D eigenvalue weighted by Crippen LogP contribution is -2.36. The number of carbonyl (C=O) groups excluding carboxylic acids is 1. The molecule has 162 valence electrons. The second-order valence-corrected chi connectivity index (χ2v) is 8.43. The molecule has 1 saturated heterocycles. The number of pyridine rings is 1. The number of furan rings is 1. The highest BCUT2D eigenvalue weighted by atomic mass is 16.5. The van der Waals surface area contributed by atoms with Gasteiger partial charge in [0.25, 0.3) is 5.91 Å². The fourth-order valence-electron chi connectivity index (χ4n) is 3.82. The summed E-state index contributed by atoms with van der Waals surface area (Å²) in [5.74, 6) is 1.86. The fraction of sp³-hybridized carbons (Fsp3) is 0.455. The Morgan fingerprint density at radius 1 is 1.23 bits per heavy atom. The lowest BCUT2D eigenvalue weighted by molar-refractivity contribution is 0.0951. The summed E-state index contributed by atoms with van der Waals surface area (Å²) in [5.41, 5.74) is 1.90. The van der Waals surface area contributed by atoms with Crippen molar-refractivity contribution in [3.63, 3.8) is 0 Å². The van der Waals surface area contributed by atoms with E-state index in [4.69, 9.17) is 9.15 Å². The molecule has 3 aromatic heterocycles. The average Bonchev–Trinajstić information content (AvgIpc) is 3.40. The number of hydrogen-bond donors (Lipinski definition) is 2. The van der Waals surface area contributed by atoms with Gasteiger partial charge in [0, 0.05) is 31.4 Å². The number of fused-ring (bicyclic) bond motifs is 1. The number of rotatable bonds is 6. The van der Waals surface area contributed by atoms with E-state index in [1.54, 1.807) is 13.1 Å². The molecule has 1 amide bonds. The molecule has 31 heavy (non-hydrogen) atoms.